The maximum Gasteiger partial charge on any atom is 0.217 e. The molecule has 0 aliphatic rings. The molecule has 1 amide bonds. The second-order valence-corrected chi connectivity index (χ2v) is 1.61. The zero-order valence-electron chi connectivity index (χ0n) is 5.02. The third kappa shape index (κ3) is 5.14. The summed E-state index contributed by atoms with van der Waals surface area (Å²) in [4.78, 5) is 20.2. The van der Waals surface area contributed by atoms with Gasteiger partial charge in [0.15, 0.2) is 0 Å². The van der Waals surface area contributed by atoms with Gasteiger partial charge in [0.2, 0.25) is 5.91 Å². The van der Waals surface area contributed by atoms with Gasteiger partial charge in [-0.1, -0.05) is 0 Å². The van der Waals surface area contributed by atoms with Crippen LogP contribution in [0.1, 0.15) is 15.3 Å². The zero-order valence-corrected chi connectivity index (χ0v) is 5.02. The Morgan fingerprint density at radius 3 is 2.12 bits per heavy atom. The fraction of sp³-hybridized carbons (Fsp3) is 0.600. The molecule has 0 aromatic heterocycles. The SMILES string of the molecule is CC(=O)CNC(C)=O.[HH]. The Kier molecular flexibility index (Phi) is 2.84. The maximum atomic E-state index is 10.1. The van der Waals surface area contributed by atoms with Crippen molar-refractivity contribution in [1.82, 2.24) is 5.32 Å². The molecule has 0 spiro atoms. The van der Waals surface area contributed by atoms with E-state index in [9.17, 15) is 9.59 Å². The van der Waals surface area contributed by atoms with Gasteiger partial charge in [-0.25, -0.2) is 0 Å². The topological polar surface area (TPSA) is 46.2 Å². The lowest BCUT2D eigenvalue weighted by atomic mass is 10.4. The Morgan fingerprint density at radius 2 is 2.00 bits per heavy atom. The van der Waals surface area contributed by atoms with Crippen molar-refractivity contribution >= 4 is 11.7 Å². The van der Waals surface area contributed by atoms with Crippen LogP contribution >= 0.6 is 0 Å². The molecule has 3 nitrogen and oxygen atoms in total. The van der Waals surface area contributed by atoms with Crippen LogP contribution in [0.3, 0.4) is 0 Å². The van der Waals surface area contributed by atoms with Crippen molar-refractivity contribution in [2.45, 2.75) is 13.8 Å². The van der Waals surface area contributed by atoms with Crippen LogP contribution in [0.4, 0.5) is 0 Å². The predicted molar refractivity (Wildman–Crippen MR) is 31.5 cm³/mol. The van der Waals surface area contributed by atoms with Crippen molar-refractivity contribution in [3.8, 4) is 0 Å². The van der Waals surface area contributed by atoms with Crippen LogP contribution in [-0.4, -0.2) is 18.2 Å². The van der Waals surface area contributed by atoms with Gasteiger partial charge in [-0.05, 0) is 6.92 Å². The molecule has 0 aliphatic heterocycles. The van der Waals surface area contributed by atoms with Gasteiger partial charge in [0.05, 0.1) is 6.54 Å². The summed E-state index contributed by atoms with van der Waals surface area (Å²) in [6.07, 6.45) is 0. The largest absolute Gasteiger partial charge is 0.349 e. The van der Waals surface area contributed by atoms with Crippen molar-refractivity contribution in [1.29, 1.82) is 0 Å². The highest BCUT2D eigenvalue weighted by molar-refractivity contribution is 5.83. The Labute approximate surface area is 49.6 Å². The van der Waals surface area contributed by atoms with Crippen LogP contribution in [0.5, 0.6) is 0 Å². The molecule has 0 aromatic rings. The molecule has 0 rings (SSSR count). The molecule has 0 atom stereocenters. The Bertz CT molecular complexity index is 99.5. The molecule has 0 bridgehead atoms. The van der Waals surface area contributed by atoms with Crippen molar-refractivity contribution in [3.63, 3.8) is 0 Å². The molecule has 0 aromatic carbocycles. The van der Waals surface area contributed by atoms with E-state index in [1.807, 2.05) is 0 Å². The van der Waals surface area contributed by atoms with Crippen LogP contribution in [0, 0.1) is 0 Å². The number of amides is 1. The second kappa shape index (κ2) is 3.18. The fourth-order valence-electron chi connectivity index (χ4n) is 0.249. The first kappa shape index (κ1) is 7.14. The fourth-order valence-corrected chi connectivity index (χ4v) is 0.249. The van der Waals surface area contributed by atoms with Gasteiger partial charge in [0.25, 0.3) is 0 Å². The molecule has 0 fully saturated rings. The number of hydrogen-bond donors (Lipinski definition) is 1. The summed E-state index contributed by atoms with van der Waals surface area (Å²) < 4.78 is 0. The van der Waals surface area contributed by atoms with Crippen LogP contribution in [0.15, 0.2) is 0 Å². The average molecular weight is 117 g/mol. The van der Waals surface area contributed by atoms with Crippen molar-refractivity contribution in [2.24, 2.45) is 0 Å². The smallest absolute Gasteiger partial charge is 0.217 e. The van der Waals surface area contributed by atoms with Crippen molar-refractivity contribution in [3.05, 3.63) is 0 Å². The molecule has 8 heavy (non-hydrogen) atoms. The number of ketones is 1. The lowest BCUT2D eigenvalue weighted by Gasteiger charge is -1.93. The number of Topliss-reactive ketones (excluding diaryl/α,β-unsaturated/α-hetero) is 1. The summed E-state index contributed by atoms with van der Waals surface area (Å²) in [7, 11) is 0. The summed E-state index contributed by atoms with van der Waals surface area (Å²) in [6.45, 7) is 2.95. The number of rotatable bonds is 2. The third-order valence-corrected chi connectivity index (χ3v) is 0.586. The molecule has 0 saturated carbocycles. The van der Waals surface area contributed by atoms with Gasteiger partial charge < -0.3 is 5.32 Å². The standard InChI is InChI=1S/C5H9NO2.H2/c1-4(7)3-6-5(2)8;/h3H2,1-2H3,(H,6,8);1H. The first-order chi connectivity index (χ1) is 3.63. The highest BCUT2D eigenvalue weighted by atomic mass is 16.2. The van der Waals surface area contributed by atoms with E-state index < -0.39 is 0 Å². The van der Waals surface area contributed by atoms with E-state index in [-0.39, 0.29) is 19.7 Å². The first-order valence-corrected chi connectivity index (χ1v) is 2.37. The summed E-state index contributed by atoms with van der Waals surface area (Å²) >= 11 is 0. The molecule has 1 N–H and O–H groups in total. The van der Waals surface area contributed by atoms with Crippen molar-refractivity contribution in [2.75, 3.05) is 6.54 Å². The van der Waals surface area contributed by atoms with Crippen LogP contribution in [0.2, 0.25) is 0 Å². The number of carbonyl (C=O) groups is 2. The number of hydrogen-bond acceptors (Lipinski definition) is 2. The quantitative estimate of drug-likeness (QED) is 0.551. The number of carbonyl (C=O) groups excluding carboxylic acids is 2. The van der Waals surface area contributed by atoms with Gasteiger partial charge in [0.1, 0.15) is 5.78 Å². The van der Waals surface area contributed by atoms with Gasteiger partial charge >= 0.3 is 0 Å². The number of nitrogens with one attached hydrogen (secondary N) is 1. The van der Waals surface area contributed by atoms with E-state index in [0.717, 1.165) is 0 Å². The second-order valence-electron chi connectivity index (χ2n) is 1.61. The average Bonchev–Trinajstić information content (AvgIpc) is 1.61. The minimum Gasteiger partial charge on any atom is -0.349 e. The molecule has 0 radical (unpaired) electrons. The molecule has 0 heterocycles. The van der Waals surface area contributed by atoms with E-state index in [0.29, 0.717) is 0 Å². The van der Waals surface area contributed by atoms with Gasteiger partial charge in [-0.2, -0.15) is 0 Å². The lowest BCUT2D eigenvalue weighted by molar-refractivity contribution is -0.123. The Morgan fingerprint density at radius 1 is 1.50 bits per heavy atom. The van der Waals surface area contributed by atoms with E-state index in [1.54, 1.807) is 0 Å². The van der Waals surface area contributed by atoms with Crippen molar-refractivity contribution < 1.29 is 11.0 Å². The van der Waals surface area contributed by atoms with Gasteiger partial charge in [0, 0.05) is 8.35 Å². The molecule has 0 saturated heterocycles. The van der Waals surface area contributed by atoms with E-state index in [4.69, 9.17) is 0 Å². The highest BCUT2D eigenvalue weighted by Crippen LogP contribution is 1.63. The van der Waals surface area contributed by atoms with Crippen LogP contribution in [-0.2, 0) is 9.59 Å². The Balaban J connectivity index is 0. The van der Waals surface area contributed by atoms with E-state index in [1.165, 1.54) is 13.8 Å². The van der Waals surface area contributed by atoms with E-state index >= 15 is 0 Å². The summed E-state index contributed by atoms with van der Waals surface area (Å²) in [6, 6.07) is 0. The zero-order chi connectivity index (χ0) is 6.57. The maximum absolute atomic E-state index is 10.1. The van der Waals surface area contributed by atoms with E-state index in [2.05, 4.69) is 5.32 Å². The normalized spacial score (nSPS) is 8.25. The minimum absolute atomic E-state index is 0. The third-order valence-electron chi connectivity index (χ3n) is 0.586. The van der Waals surface area contributed by atoms with Gasteiger partial charge in [-0.3, -0.25) is 9.59 Å². The molecule has 3 heteroatoms. The van der Waals surface area contributed by atoms with Gasteiger partial charge in [-0.15, -0.1) is 0 Å². The monoisotopic (exact) mass is 117 g/mol. The highest BCUT2D eigenvalue weighted by Gasteiger charge is 1.91. The van der Waals surface area contributed by atoms with Crippen LogP contribution in [0.25, 0.3) is 0 Å². The summed E-state index contributed by atoms with van der Waals surface area (Å²) in [5.41, 5.74) is 0. The minimum atomic E-state index is -0.166. The predicted octanol–water partition coefficient (Wildman–Crippen LogP) is -0.0425. The lowest BCUT2D eigenvalue weighted by Crippen LogP contribution is -2.25. The molecular weight excluding hydrogens is 106 g/mol. The molecule has 0 unspecified atom stereocenters. The molecule has 48 valence electrons. The summed E-state index contributed by atoms with van der Waals surface area (Å²) in [5.74, 6) is -0.194. The Hall–Kier alpha value is -0.860. The molecule has 0 aliphatic carbocycles. The molecular formula is C5H11NO2. The van der Waals surface area contributed by atoms with Crippen LogP contribution < -0.4 is 5.32 Å². The first-order valence-electron chi connectivity index (χ1n) is 2.37. The summed E-state index contributed by atoms with van der Waals surface area (Å²) in [5, 5.41) is 2.36.